The molecule has 70 valence electrons. The maximum Gasteiger partial charge on any atom is 0.222 e. The lowest BCUT2D eigenvalue weighted by Gasteiger charge is -2.26. The summed E-state index contributed by atoms with van der Waals surface area (Å²) in [6, 6.07) is 0.205. The van der Waals surface area contributed by atoms with Crippen molar-refractivity contribution in [2.45, 2.75) is 25.8 Å². The second-order valence-electron chi connectivity index (χ2n) is 3.38. The fraction of sp³-hybridized carbons (Fsp3) is 0.556. The smallest absolute Gasteiger partial charge is 0.222 e. The number of nitrogens with one attached hydrogen (secondary N) is 1. The molecule has 2 rings (SSSR count). The van der Waals surface area contributed by atoms with Crippen molar-refractivity contribution in [3.63, 3.8) is 0 Å². The van der Waals surface area contributed by atoms with Gasteiger partial charge in [0.1, 0.15) is 0 Å². The van der Waals surface area contributed by atoms with E-state index >= 15 is 0 Å². The first kappa shape index (κ1) is 8.29. The van der Waals surface area contributed by atoms with Crippen LogP contribution in [0.1, 0.15) is 30.6 Å². The van der Waals surface area contributed by atoms with Crippen LogP contribution >= 0.6 is 0 Å². The quantitative estimate of drug-likeness (QED) is 0.674. The molecule has 0 spiro atoms. The number of β-lactam (4-membered cyclic amide) rings is 1. The predicted octanol–water partition coefficient (Wildman–Crippen LogP) is 0.543. The lowest BCUT2D eigenvalue weighted by molar-refractivity contribution is -0.128. The Balaban J connectivity index is 2.23. The largest absolute Gasteiger partial charge is 0.349 e. The zero-order chi connectivity index (χ0) is 9.42. The minimum atomic E-state index is 0.135. The highest BCUT2D eigenvalue weighted by Gasteiger charge is 2.29. The second-order valence-corrected chi connectivity index (χ2v) is 3.38. The van der Waals surface area contributed by atoms with Gasteiger partial charge in [-0.15, -0.1) is 0 Å². The van der Waals surface area contributed by atoms with Gasteiger partial charge in [-0.3, -0.25) is 9.48 Å². The van der Waals surface area contributed by atoms with E-state index in [1.165, 1.54) is 5.56 Å². The molecule has 0 aromatic carbocycles. The first-order chi connectivity index (χ1) is 6.20. The van der Waals surface area contributed by atoms with Crippen molar-refractivity contribution < 1.29 is 4.79 Å². The third kappa shape index (κ3) is 1.32. The van der Waals surface area contributed by atoms with E-state index in [0.717, 1.165) is 12.1 Å². The average Bonchev–Trinajstić information content (AvgIpc) is 2.40. The zero-order valence-corrected chi connectivity index (χ0v) is 7.87. The van der Waals surface area contributed by atoms with Crippen LogP contribution in [-0.4, -0.2) is 15.7 Å². The standard InChI is InChI=1S/C9H13N3O/c1-3-7-6(5-12(2)11-7)8-4-9(13)10-8/h5,8H,3-4H2,1-2H3,(H,10,13). The molecule has 1 N–H and O–H groups in total. The van der Waals surface area contributed by atoms with Crippen LogP contribution < -0.4 is 5.32 Å². The summed E-state index contributed by atoms with van der Waals surface area (Å²) >= 11 is 0. The molecule has 0 radical (unpaired) electrons. The molecule has 0 bridgehead atoms. The number of carbonyl (C=O) groups excluding carboxylic acids is 1. The third-order valence-electron chi connectivity index (χ3n) is 2.37. The molecule has 1 aliphatic heterocycles. The summed E-state index contributed by atoms with van der Waals surface area (Å²) in [5.74, 6) is 0.135. The molecular weight excluding hydrogens is 166 g/mol. The first-order valence-corrected chi connectivity index (χ1v) is 4.52. The van der Waals surface area contributed by atoms with E-state index in [4.69, 9.17) is 0 Å². The Morgan fingerprint density at radius 3 is 3.00 bits per heavy atom. The van der Waals surface area contributed by atoms with Crippen molar-refractivity contribution >= 4 is 5.91 Å². The number of rotatable bonds is 2. The summed E-state index contributed by atoms with van der Waals surface area (Å²) in [7, 11) is 1.91. The molecule has 2 heterocycles. The molecule has 0 aliphatic carbocycles. The topological polar surface area (TPSA) is 46.9 Å². The van der Waals surface area contributed by atoms with Gasteiger partial charge in [-0.1, -0.05) is 6.92 Å². The zero-order valence-electron chi connectivity index (χ0n) is 7.87. The van der Waals surface area contributed by atoms with E-state index in [1.54, 1.807) is 4.68 Å². The number of aryl methyl sites for hydroxylation is 2. The van der Waals surface area contributed by atoms with Crippen LogP contribution in [0.25, 0.3) is 0 Å². The normalized spacial score (nSPS) is 21.1. The summed E-state index contributed by atoms with van der Waals surface area (Å²) in [5, 5.41) is 7.18. The molecular formula is C9H13N3O. The van der Waals surface area contributed by atoms with Crippen LogP contribution in [0.5, 0.6) is 0 Å². The van der Waals surface area contributed by atoms with Gasteiger partial charge in [0.2, 0.25) is 5.91 Å². The van der Waals surface area contributed by atoms with Crippen LogP contribution in [0, 0.1) is 0 Å². The van der Waals surface area contributed by atoms with Gasteiger partial charge in [0.25, 0.3) is 0 Å². The van der Waals surface area contributed by atoms with Crippen molar-refractivity contribution in [2.24, 2.45) is 7.05 Å². The van der Waals surface area contributed by atoms with Crippen LogP contribution in [0.3, 0.4) is 0 Å². The van der Waals surface area contributed by atoms with Crippen LogP contribution in [0.4, 0.5) is 0 Å². The molecule has 1 fully saturated rings. The Hall–Kier alpha value is -1.32. The molecule has 1 atom stereocenters. The minimum absolute atomic E-state index is 0.135. The molecule has 1 aromatic heterocycles. The van der Waals surface area contributed by atoms with E-state index < -0.39 is 0 Å². The molecule has 13 heavy (non-hydrogen) atoms. The van der Waals surface area contributed by atoms with Gasteiger partial charge in [0, 0.05) is 18.8 Å². The molecule has 4 heteroatoms. The number of nitrogens with zero attached hydrogens (tertiary/aromatic N) is 2. The Morgan fingerprint density at radius 2 is 2.46 bits per heavy atom. The number of amides is 1. The first-order valence-electron chi connectivity index (χ1n) is 4.52. The van der Waals surface area contributed by atoms with E-state index in [9.17, 15) is 4.79 Å². The van der Waals surface area contributed by atoms with Gasteiger partial charge in [0.05, 0.1) is 18.2 Å². The van der Waals surface area contributed by atoms with Gasteiger partial charge < -0.3 is 5.32 Å². The van der Waals surface area contributed by atoms with Crippen LogP contribution in [0.2, 0.25) is 0 Å². The summed E-state index contributed by atoms with van der Waals surface area (Å²) in [4.78, 5) is 10.8. The molecule has 1 saturated heterocycles. The van der Waals surface area contributed by atoms with Crippen molar-refractivity contribution in [3.05, 3.63) is 17.5 Å². The molecule has 4 nitrogen and oxygen atoms in total. The molecule has 0 saturated carbocycles. The Labute approximate surface area is 76.9 Å². The Bertz CT molecular complexity index is 335. The summed E-state index contributed by atoms with van der Waals surface area (Å²) in [5.41, 5.74) is 2.26. The predicted molar refractivity (Wildman–Crippen MR) is 48.1 cm³/mol. The van der Waals surface area contributed by atoms with Crippen molar-refractivity contribution in [2.75, 3.05) is 0 Å². The Morgan fingerprint density at radius 1 is 1.77 bits per heavy atom. The van der Waals surface area contributed by atoms with Crippen molar-refractivity contribution in [1.29, 1.82) is 0 Å². The van der Waals surface area contributed by atoms with E-state index in [0.29, 0.717) is 6.42 Å². The second kappa shape index (κ2) is 2.87. The average molecular weight is 179 g/mol. The summed E-state index contributed by atoms with van der Waals surface area (Å²) < 4.78 is 1.80. The molecule has 1 unspecified atom stereocenters. The van der Waals surface area contributed by atoms with Gasteiger partial charge in [0.15, 0.2) is 0 Å². The third-order valence-corrected chi connectivity index (χ3v) is 2.37. The fourth-order valence-corrected chi connectivity index (χ4v) is 1.67. The molecule has 1 aromatic rings. The highest BCUT2D eigenvalue weighted by Crippen LogP contribution is 2.26. The maximum atomic E-state index is 10.8. The monoisotopic (exact) mass is 179 g/mol. The number of hydrogen-bond acceptors (Lipinski definition) is 2. The SMILES string of the molecule is CCc1nn(C)cc1C1CC(=O)N1. The van der Waals surface area contributed by atoms with Gasteiger partial charge >= 0.3 is 0 Å². The van der Waals surface area contributed by atoms with Crippen LogP contribution in [0.15, 0.2) is 6.20 Å². The van der Waals surface area contributed by atoms with Gasteiger partial charge in [-0.25, -0.2) is 0 Å². The number of hydrogen-bond donors (Lipinski definition) is 1. The summed E-state index contributed by atoms with van der Waals surface area (Å²) in [6.45, 7) is 2.08. The van der Waals surface area contributed by atoms with Gasteiger partial charge in [-0.05, 0) is 6.42 Å². The molecule has 1 amide bonds. The highest BCUT2D eigenvalue weighted by molar-refractivity contribution is 5.83. The molecule has 1 aliphatic rings. The number of aromatic nitrogens is 2. The van der Waals surface area contributed by atoms with E-state index in [1.807, 2.05) is 13.2 Å². The lowest BCUT2D eigenvalue weighted by atomic mass is 9.97. The van der Waals surface area contributed by atoms with Crippen molar-refractivity contribution in [1.82, 2.24) is 15.1 Å². The van der Waals surface area contributed by atoms with E-state index in [-0.39, 0.29) is 11.9 Å². The van der Waals surface area contributed by atoms with Crippen LogP contribution in [-0.2, 0) is 18.3 Å². The van der Waals surface area contributed by atoms with Gasteiger partial charge in [-0.2, -0.15) is 5.10 Å². The minimum Gasteiger partial charge on any atom is -0.349 e. The maximum absolute atomic E-state index is 10.8. The lowest BCUT2D eigenvalue weighted by Crippen LogP contribution is -2.41. The fourth-order valence-electron chi connectivity index (χ4n) is 1.67. The Kier molecular flexibility index (Phi) is 1.83. The van der Waals surface area contributed by atoms with Crippen molar-refractivity contribution in [3.8, 4) is 0 Å². The number of carbonyl (C=O) groups is 1. The van der Waals surface area contributed by atoms with E-state index in [2.05, 4.69) is 17.3 Å². The summed E-state index contributed by atoms with van der Waals surface area (Å²) in [6.07, 6.45) is 3.52. The highest BCUT2D eigenvalue weighted by atomic mass is 16.2.